The minimum Gasteiger partial charge on any atom is -0.457 e. The van der Waals surface area contributed by atoms with E-state index in [0.717, 1.165) is 31.8 Å². The fourth-order valence-electron chi connectivity index (χ4n) is 3.83. The van der Waals surface area contributed by atoms with Gasteiger partial charge in [-0.3, -0.25) is 4.79 Å². The molecule has 2 aromatic rings. The molecule has 1 atom stereocenters. The van der Waals surface area contributed by atoms with Gasteiger partial charge in [0, 0.05) is 24.7 Å². The van der Waals surface area contributed by atoms with Crippen LogP contribution in [0, 0.1) is 5.92 Å². The highest BCUT2D eigenvalue weighted by molar-refractivity contribution is 5.94. The topological polar surface area (TPSA) is 41.6 Å². The van der Waals surface area contributed by atoms with E-state index in [-0.39, 0.29) is 5.91 Å². The van der Waals surface area contributed by atoms with Gasteiger partial charge in [-0.1, -0.05) is 38.1 Å². The Morgan fingerprint density at radius 2 is 1.85 bits per heavy atom. The third-order valence-electron chi connectivity index (χ3n) is 5.40. The van der Waals surface area contributed by atoms with E-state index < -0.39 is 0 Å². The maximum absolute atomic E-state index is 12.6. The smallest absolute Gasteiger partial charge is 0.251 e. The number of amides is 1. The van der Waals surface area contributed by atoms with Crippen LogP contribution in [0.1, 0.15) is 43.5 Å². The van der Waals surface area contributed by atoms with E-state index in [1.54, 1.807) is 6.07 Å². The summed E-state index contributed by atoms with van der Waals surface area (Å²) in [6, 6.07) is 17.6. The maximum atomic E-state index is 12.6. The van der Waals surface area contributed by atoms with E-state index in [2.05, 4.69) is 24.1 Å². The highest BCUT2D eigenvalue weighted by Crippen LogP contribution is 2.23. The molecule has 1 unspecified atom stereocenters. The number of hydrogen-bond acceptors (Lipinski definition) is 3. The van der Waals surface area contributed by atoms with Gasteiger partial charge in [-0.05, 0) is 62.1 Å². The molecule has 144 valence electrons. The Morgan fingerprint density at radius 3 is 2.59 bits per heavy atom. The van der Waals surface area contributed by atoms with Crippen molar-refractivity contribution < 1.29 is 9.53 Å². The molecule has 0 bridgehead atoms. The van der Waals surface area contributed by atoms with Crippen LogP contribution in [-0.4, -0.2) is 36.5 Å². The van der Waals surface area contributed by atoms with Gasteiger partial charge < -0.3 is 15.0 Å². The lowest BCUT2D eigenvalue weighted by atomic mass is 10.1. The van der Waals surface area contributed by atoms with Crippen molar-refractivity contribution in [3.05, 3.63) is 60.2 Å². The molecule has 1 aliphatic heterocycles. The summed E-state index contributed by atoms with van der Waals surface area (Å²) in [5.74, 6) is 1.95. The summed E-state index contributed by atoms with van der Waals surface area (Å²) >= 11 is 0. The van der Waals surface area contributed by atoms with Crippen LogP contribution >= 0.6 is 0 Å². The van der Waals surface area contributed by atoms with Gasteiger partial charge in [-0.2, -0.15) is 0 Å². The van der Waals surface area contributed by atoms with Gasteiger partial charge in [0.1, 0.15) is 11.5 Å². The van der Waals surface area contributed by atoms with Gasteiger partial charge in [0.25, 0.3) is 5.91 Å². The monoisotopic (exact) mass is 366 g/mol. The van der Waals surface area contributed by atoms with Gasteiger partial charge in [-0.25, -0.2) is 0 Å². The molecule has 3 rings (SSSR count). The number of rotatable bonds is 8. The van der Waals surface area contributed by atoms with E-state index in [1.807, 2.05) is 48.5 Å². The molecule has 1 aliphatic rings. The third kappa shape index (κ3) is 5.33. The highest BCUT2D eigenvalue weighted by atomic mass is 16.5. The number of hydrogen-bond donors (Lipinski definition) is 1. The number of carbonyl (C=O) groups is 1. The fraction of sp³-hybridized carbons (Fsp3) is 0.435. The lowest BCUT2D eigenvalue weighted by Gasteiger charge is -2.25. The maximum Gasteiger partial charge on any atom is 0.251 e. The van der Waals surface area contributed by atoms with E-state index in [1.165, 1.54) is 12.8 Å². The zero-order valence-corrected chi connectivity index (χ0v) is 16.4. The predicted molar refractivity (Wildman–Crippen MR) is 109 cm³/mol. The molecule has 1 saturated heterocycles. The van der Waals surface area contributed by atoms with E-state index in [9.17, 15) is 4.79 Å². The number of likely N-dealkylation sites (tertiary alicyclic amines) is 1. The lowest BCUT2D eigenvalue weighted by molar-refractivity contribution is 0.0946. The van der Waals surface area contributed by atoms with Crippen molar-refractivity contribution in [2.45, 2.75) is 39.2 Å². The Bertz CT molecular complexity index is 728. The zero-order valence-electron chi connectivity index (χ0n) is 16.4. The quantitative estimate of drug-likeness (QED) is 0.735. The first-order valence-corrected chi connectivity index (χ1v) is 10.0. The second kappa shape index (κ2) is 9.56. The highest BCUT2D eigenvalue weighted by Gasteiger charge is 2.26. The standard InChI is InChI=1S/C23H30N2O2/c1-3-20(4-2)25-14-13-18(17-25)16-24-23(26)19-9-8-12-22(15-19)27-21-10-6-5-7-11-21/h5-12,15,18,20H,3-4,13-14,16-17H2,1-2H3,(H,24,26). The first-order valence-electron chi connectivity index (χ1n) is 10.0. The molecule has 4 nitrogen and oxygen atoms in total. The first kappa shape index (κ1) is 19.4. The van der Waals surface area contributed by atoms with Gasteiger partial charge in [0.2, 0.25) is 0 Å². The second-order valence-electron chi connectivity index (χ2n) is 7.27. The minimum atomic E-state index is -0.0329. The van der Waals surface area contributed by atoms with Gasteiger partial charge in [0.15, 0.2) is 0 Å². The van der Waals surface area contributed by atoms with Crippen molar-refractivity contribution in [3.63, 3.8) is 0 Å². The number of benzene rings is 2. The lowest BCUT2D eigenvalue weighted by Crippen LogP contribution is -2.34. The Kier molecular flexibility index (Phi) is 6.88. The fourth-order valence-corrected chi connectivity index (χ4v) is 3.83. The molecule has 0 aliphatic carbocycles. The molecule has 27 heavy (non-hydrogen) atoms. The van der Waals surface area contributed by atoms with Gasteiger partial charge in [0.05, 0.1) is 0 Å². The summed E-state index contributed by atoms with van der Waals surface area (Å²) in [6.07, 6.45) is 3.56. The Labute approximate surface area is 162 Å². The number of para-hydroxylation sites is 1. The number of nitrogens with one attached hydrogen (secondary N) is 1. The summed E-state index contributed by atoms with van der Waals surface area (Å²) in [6.45, 7) is 7.48. The molecule has 0 saturated carbocycles. The second-order valence-corrected chi connectivity index (χ2v) is 7.27. The molecule has 0 radical (unpaired) electrons. The molecular weight excluding hydrogens is 336 g/mol. The summed E-state index contributed by atoms with van der Waals surface area (Å²) < 4.78 is 5.83. The molecule has 4 heteroatoms. The normalized spacial score (nSPS) is 17.2. The molecule has 2 aromatic carbocycles. The summed E-state index contributed by atoms with van der Waals surface area (Å²) in [5.41, 5.74) is 0.637. The molecule has 1 fully saturated rings. The zero-order chi connectivity index (χ0) is 19.1. The van der Waals surface area contributed by atoms with Crippen LogP contribution in [0.2, 0.25) is 0 Å². The third-order valence-corrected chi connectivity index (χ3v) is 5.40. The van der Waals surface area contributed by atoms with Crippen LogP contribution in [0.5, 0.6) is 11.5 Å². The average Bonchev–Trinajstić information content (AvgIpc) is 3.17. The van der Waals surface area contributed by atoms with Gasteiger partial charge >= 0.3 is 0 Å². The SMILES string of the molecule is CCC(CC)N1CCC(CNC(=O)c2cccc(Oc3ccccc3)c2)C1. The molecular formula is C23H30N2O2. The van der Waals surface area contributed by atoms with Crippen molar-refractivity contribution >= 4 is 5.91 Å². The molecule has 1 heterocycles. The summed E-state index contributed by atoms with van der Waals surface area (Å²) in [4.78, 5) is 15.1. The number of carbonyl (C=O) groups excluding carboxylic acids is 1. The molecule has 1 amide bonds. The Morgan fingerprint density at radius 1 is 1.11 bits per heavy atom. The van der Waals surface area contributed by atoms with Crippen LogP contribution in [0.25, 0.3) is 0 Å². The predicted octanol–water partition coefficient (Wildman–Crippen LogP) is 4.72. The number of nitrogens with zero attached hydrogens (tertiary/aromatic N) is 1. The molecule has 0 aromatic heterocycles. The van der Waals surface area contributed by atoms with Gasteiger partial charge in [-0.15, -0.1) is 0 Å². The van der Waals surface area contributed by atoms with Crippen LogP contribution < -0.4 is 10.1 Å². The first-order chi connectivity index (χ1) is 13.2. The van der Waals surface area contributed by atoms with E-state index >= 15 is 0 Å². The Hall–Kier alpha value is -2.33. The van der Waals surface area contributed by atoms with Crippen molar-refractivity contribution in [3.8, 4) is 11.5 Å². The van der Waals surface area contributed by atoms with Crippen molar-refractivity contribution in [1.29, 1.82) is 0 Å². The number of ether oxygens (including phenoxy) is 1. The van der Waals surface area contributed by atoms with E-state index in [0.29, 0.717) is 23.3 Å². The summed E-state index contributed by atoms with van der Waals surface area (Å²) in [7, 11) is 0. The van der Waals surface area contributed by atoms with Crippen LogP contribution in [0.15, 0.2) is 54.6 Å². The minimum absolute atomic E-state index is 0.0329. The molecule has 1 N–H and O–H groups in total. The van der Waals surface area contributed by atoms with Crippen LogP contribution in [-0.2, 0) is 0 Å². The Balaban J connectivity index is 1.52. The van der Waals surface area contributed by atoms with Crippen molar-refractivity contribution in [1.82, 2.24) is 10.2 Å². The summed E-state index contributed by atoms with van der Waals surface area (Å²) in [5, 5.41) is 3.11. The largest absolute Gasteiger partial charge is 0.457 e. The van der Waals surface area contributed by atoms with Crippen molar-refractivity contribution in [2.24, 2.45) is 5.92 Å². The van der Waals surface area contributed by atoms with E-state index in [4.69, 9.17) is 4.74 Å². The molecule has 0 spiro atoms. The average molecular weight is 367 g/mol. The van der Waals surface area contributed by atoms with Crippen molar-refractivity contribution in [2.75, 3.05) is 19.6 Å². The van der Waals surface area contributed by atoms with Crippen LogP contribution in [0.3, 0.4) is 0 Å². The van der Waals surface area contributed by atoms with Crippen LogP contribution in [0.4, 0.5) is 0 Å².